The average Bonchev–Trinajstić information content (AvgIpc) is 2.62. The first-order chi connectivity index (χ1) is 7.08. The molecule has 15 heavy (non-hydrogen) atoms. The fourth-order valence-electron chi connectivity index (χ4n) is 2.17. The number of carbonyl (C=O) groups excluding carboxylic acids is 1. The van der Waals surface area contributed by atoms with Gasteiger partial charge in [0.2, 0.25) is 5.91 Å². The molecule has 1 heterocycles. The van der Waals surface area contributed by atoms with Crippen LogP contribution < -0.4 is 0 Å². The highest BCUT2D eigenvalue weighted by Gasteiger charge is 2.48. The van der Waals surface area contributed by atoms with Gasteiger partial charge in [0.25, 0.3) is 0 Å². The SMILES string of the molecule is C#CCC(=O)N1CCCC1(CC)C(=O)O. The third kappa shape index (κ3) is 1.82. The van der Waals surface area contributed by atoms with Crippen molar-refractivity contribution in [2.24, 2.45) is 0 Å². The summed E-state index contributed by atoms with van der Waals surface area (Å²) in [4.78, 5) is 24.3. The van der Waals surface area contributed by atoms with Gasteiger partial charge in [-0.2, -0.15) is 0 Å². The second-order valence-electron chi connectivity index (χ2n) is 3.72. The van der Waals surface area contributed by atoms with Crippen LogP contribution in [0.5, 0.6) is 0 Å². The Morgan fingerprint density at radius 2 is 2.27 bits per heavy atom. The molecule has 1 aliphatic rings. The van der Waals surface area contributed by atoms with Crippen LogP contribution in [-0.2, 0) is 9.59 Å². The number of rotatable bonds is 3. The third-order valence-electron chi connectivity index (χ3n) is 3.03. The Labute approximate surface area is 89.3 Å². The van der Waals surface area contributed by atoms with Crippen LogP contribution in [0.1, 0.15) is 32.6 Å². The van der Waals surface area contributed by atoms with E-state index in [0.29, 0.717) is 19.4 Å². The second-order valence-corrected chi connectivity index (χ2v) is 3.72. The fourth-order valence-corrected chi connectivity index (χ4v) is 2.17. The molecular formula is C11H15NO3. The number of likely N-dealkylation sites (tertiary alicyclic amines) is 1. The molecule has 0 radical (unpaired) electrons. The van der Waals surface area contributed by atoms with Gasteiger partial charge >= 0.3 is 5.97 Å². The van der Waals surface area contributed by atoms with Crippen molar-refractivity contribution in [2.75, 3.05) is 6.54 Å². The number of carbonyl (C=O) groups is 2. The Hall–Kier alpha value is -1.50. The standard InChI is InChI=1S/C11H15NO3/c1-3-6-9(13)12-8-5-7-11(12,4-2)10(14)15/h1H,4-8H2,2H3,(H,14,15). The highest BCUT2D eigenvalue weighted by molar-refractivity contribution is 5.88. The van der Waals surface area contributed by atoms with Crippen LogP contribution in [0.4, 0.5) is 0 Å². The van der Waals surface area contributed by atoms with Crippen molar-refractivity contribution in [3.63, 3.8) is 0 Å². The fraction of sp³-hybridized carbons (Fsp3) is 0.636. The summed E-state index contributed by atoms with van der Waals surface area (Å²) in [5.74, 6) is 1.09. The van der Waals surface area contributed by atoms with E-state index in [0.717, 1.165) is 6.42 Å². The Bertz CT molecular complexity index is 318. The third-order valence-corrected chi connectivity index (χ3v) is 3.03. The van der Waals surface area contributed by atoms with Crippen LogP contribution in [0, 0.1) is 12.3 Å². The van der Waals surface area contributed by atoms with E-state index in [1.54, 1.807) is 6.92 Å². The Kier molecular flexibility index (Phi) is 3.35. The molecule has 1 rings (SSSR count). The summed E-state index contributed by atoms with van der Waals surface area (Å²) in [6.07, 6.45) is 6.72. The lowest BCUT2D eigenvalue weighted by Crippen LogP contribution is -2.52. The van der Waals surface area contributed by atoms with Crippen molar-refractivity contribution in [3.8, 4) is 12.3 Å². The predicted molar refractivity (Wildman–Crippen MR) is 55.1 cm³/mol. The lowest BCUT2D eigenvalue weighted by molar-refractivity contribution is -0.156. The average molecular weight is 209 g/mol. The smallest absolute Gasteiger partial charge is 0.329 e. The quantitative estimate of drug-likeness (QED) is 0.701. The molecule has 0 aromatic carbocycles. The minimum atomic E-state index is -1.02. The van der Waals surface area contributed by atoms with Gasteiger partial charge in [0, 0.05) is 6.54 Å². The van der Waals surface area contributed by atoms with Crippen molar-refractivity contribution in [2.45, 2.75) is 38.1 Å². The lowest BCUT2D eigenvalue weighted by atomic mass is 9.93. The molecule has 1 fully saturated rings. The maximum atomic E-state index is 11.6. The molecular weight excluding hydrogens is 194 g/mol. The van der Waals surface area contributed by atoms with Crippen molar-refractivity contribution < 1.29 is 14.7 Å². The Morgan fingerprint density at radius 3 is 2.73 bits per heavy atom. The Morgan fingerprint density at radius 1 is 1.60 bits per heavy atom. The van der Waals surface area contributed by atoms with Gasteiger partial charge in [0.1, 0.15) is 5.54 Å². The topological polar surface area (TPSA) is 57.6 Å². The zero-order valence-electron chi connectivity index (χ0n) is 8.82. The predicted octanol–water partition coefficient (Wildman–Crippen LogP) is 0.865. The zero-order chi connectivity index (χ0) is 11.5. The summed E-state index contributed by atoms with van der Waals surface area (Å²) in [5.41, 5.74) is -1.02. The number of amides is 1. The number of carboxylic acid groups (broad SMARTS) is 1. The zero-order valence-corrected chi connectivity index (χ0v) is 8.82. The van der Waals surface area contributed by atoms with Crippen molar-refractivity contribution in [1.82, 2.24) is 4.90 Å². The summed E-state index contributed by atoms with van der Waals surface area (Å²) in [7, 11) is 0. The molecule has 4 nitrogen and oxygen atoms in total. The van der Waals surface area contributed by atoms with E-state index in [2.05, 4.69) is 5.92 Å². The van der Waals surface area contributed by atoms with E-state index in [1.807, 2.05) is 0 Å². The largest absolute Gasteiger partial charge is 0.479 e. The normalized spacial score (nSPS) is 24.9. The maximum absolute atomic E-state index is 11.6. The van der Waals surface area contributed by atoms with Gasteiger partial charge in [0.05, 0.1) is 6.42 Å². The number of hydrogen-bond acceptors (Lipinski definition) is 2. The van der Waals surface area contributed by atoms with Crippen LogP contribution in [-0.4, -0.2) is 34.0 Å². The first-order valence-corrected chi connectivity index (χ1v) is 5.06. The summed E-state index contributed by atoms with van der Waals surface area (Å²) in [6.45, 7) is 2.29. The van der Waals surface area contributed by atoms with E-state index < -0.39 is 11.5 Å². The maximum Gasteiger partial charge on any atom is 0.329 e. The number of carboxylic acids is 1. The minimum absolute atomic E-state index is 0.0188. The van der Waals surface area contributed by atoms with Gasteiger partial charge in [0.15, 0.2) is 0 Å². The van der Waals surface area contributed by atoms with Gasteiger partial charge in [-0.05, 0) is 19.3 Å². The number of hydrogen-bond donors (Lipinski definition) is 1. The van der Waals surface area contributed by atoms with E-state index in [-0.39, 0.29) is 12.3 Å². The lowest BCUT2D eigenvalue weighted by Gasteiger charge is -2.33. The molecule has 1 aliphatic heterocycles. The molecule has 0 aromatic rings. The summed E-state index contributed by atoms with van der Waals surface area (Å²) in [5, 5.41) is 9.21. The molecule has 0 saturated carbocycles. The number of terminal acetylenes is 1. The van der Waals surface area contributed by atoms with Gasteiger partial charge in [-0.15, -0.1) is 6.42 Å². The monoisotopic (exact) mass is 209 g/mol. The van der Waals surface area contributed by atoms with Gasteiger partial charge < -0.3 is 10.0 Å². The molecule has 82 valence electrons. The first kappa shape index (κ1) is 11.6. The molecule has 1 N–H and O–H groups in total. The van der Waals surface area contributed by atoms with Crippen LogP contribution in [0.15, 0.2) is 0 Å². The molecule has 1 unspecified atom stereocenters. The summed E-state index contributed by atoms with van der Waals surface area (Å²) in [6, 6.07) is 0. The number of nitrogens with zero attached hydrogens (tertiary/aromatic N) is 1. The van der Waals surface area contributed by atoms with Crippen LogP contribution in [0.25, 0.3) is 0 Å². The van der Waals surface area contributed by atoms with Crippen molar-refractivity contribution in [1.29, 1.82) is 0 Å². The van der Waals surface area contributed by atoms with Gasteiger partial charge in [-0.3, -0.25) is 4.79 Å². The molecule has 0 bridgehead atoms. The van der Waals surface area contributed by atoms with Gasteiger partial charge in [-0.1, -0.05) is 12.8 Å². The molecule has 1 amide bonds. The minimum Gasteiger partial charge on any atom is -0.479 e. The van der Waals surface area contributed by atoms with Crippen LogP contribution >= 0.6 is 0 Å². The van der Waals surface area contributed by atoms with E-state index in [4.69, 9.17) is 6.42 Å². The van der Waals surface area contributed by atoms with Gasteiger partial charge in [-0.25, -0.2) is 4.79 Å². The molecule has 0 aliphatic carbocycles. The van der Waals surface area contributed by atoms with Crippen LogP contribution in [0.3, 0.4) is 0 Å². The summed E-state index contributed by atoms with van der Waals surface area (Å²) >= 11 is 0. The molecule has 1 atom stereocenters. The molecule has 0 spiro atoms. The first-order valence-electron chi connectivity index (χ1n) is 5.06. The number of aliphatic carboxylic acids is 1. The highest BCUT2D eigenvalue weighted by Crippen LogP contribution is 2.33. The van der Waals surface area contributed by atoms with Crippen LogP contribution in [0.2, 0.25) is 0 Å². The van der Waals surface area contributed by atoms with Crippen molar-refractivity contribution in [3.05, 3.63) is 0 Å². The second kappa shape index (κ2) is 4.35. The van der Waals surface area contributed by atoms with E-state index in [9.17, 15) is 14.7 Å². The molecule has 1 saturated heterocycles. The molecule has 4 heteroatoms. The highest BCUT2D eigenvalue weighted by atomic mass is 16.4. The molecule has 0 aromatic heterocycles. The van der Waals surface area contributed by atoms with Crippen molar-refractivity contribution >= 4 is 11.9 Å². The summed E-state index contributed by atoms with van der Waals surface area (Å²) < 4.78 is 0. The Balaban J connectivity index is 2.93. The van der Waals surface area contributed by atoms with E-state index in [1.165, 1.54) is 4.90 Å². The van der Waals surface area contributed by atoms with E-state index >= 15 is 0 Å².